The van der Waals surface area contributed by atoms with Crippen molar-refractivity contribution >= 4 is 5.88 Å². The molecule has 1 saturated carbocycles. The lowest BCUT2D eigenvalue weighted by Crippen LogP contribution is -2.06. The van der Waals surface area contributed by atoms with Gasteiger partial charge in [-0.05, 0) is 18.3 Å². The Morgan fingerprint density at radius 1 is 1.24 bits per heavy atom. The zero-order valence-electron chi connectivity index (χ0n) is 11.0. The van der Waals surface area contributed by atoms with Gasteiger partial charge in [0.05, 0.1) is 5.69 Å². The van der Waals surface area contributed by atoms with Gasteiger partial charge in [0.1, 0.15) is 0 Å². The van der Waals surface area contributed by atoms with Gasteiger partial charge in [0.2, 0.25) is 5.88 Å². The van der Waals surface area contributed by atoms with Gasteiger partial charge in [-0.15, -0.1) is 0 Å². The van der Waals surface area contributed by atoms with Gasteiger partial charge in [-0.3, -0.25) is 0 Å². The summed E-state index contributed by atoms with van der Waals surface area (Å²) in [5.74, 6) is 1.70. The summed E-state index contributed by atoms with van der Waals surface area (Å²) in [5.41, 5.74) is 8.08. The van der Waals surface area contributed by atoms with Crippen molar-refractivity contribution in [3.8, 4) is 0 Å². The van der Waals surface area contributed by atoms with E-state index in [2.05, 4.69) is 19.0 Å². The molecule has 2 rings (SSSR count). The van der Waals surface area contributed by atoms with E-state index in [1.54, 1.807) is 0 Å². The van der Waals surface area contributed by atoms with Crippen molar-refractivity contribution in [1.82, 2.24) is 5.16 Å². The van der Waals surface area contributed by atoms with Crippen LogP contribution in [0, 0.1) is 5.92 Å². The molecule has 1 aromatic rings. The third-order valence-electron chi connectivity index (χ3n) is 3.86. The molecule has 1 aromatic heterocycles. The second-order valence-corrected chi connectivity index (χ2v) is 5.62. The number of aromatic nitrogens is 1. The van der Waals surface area contributed by atoms with Crippen LogP contribution in [0.5, 0.6) is 0 Å². The molecular formula is C14H24N2O. The highest BCUT2D eigenvalue weighted by Gasteiger charge is 2.21. The zero-order chi connectivity index (χ0) is 12.3. The number of nitrogens with zero attached hydrogens (tertiary/aromatic N) is 1. The summed E-state index contributed by atoms with van der Waals surface area (Å²) < 4.78 is 5.16. The lowest BCUT2D eigenvalue weighted by atomic mass is 9.91. The fraction of sp³-hybridized carbons (Fsp3) is 0.786. The van der Waals surface area contributed by atoms with Gasteiger partial charge in [-0.25, -0.2) is 0 Å². The standard InChI is InChI=1S/C14H24N2O/c1-10(2)13-12(16-17-14(13)15)9-11-7-5-3-4-6-8-11/h10-11H,3-9,15H2,1-2H3. The highest BCUT2D eigenvalue weighted by molar-refractivity contribution is 5.41. The molecule has 0 bridgehead atoms. The first-order chi connectivity index (χ1) is 8.18. The first-order valence-electron chi connectivity index (χ1n) is 6.92. The SMILES string of the molecule is CC(C)c1c(CC2CCCCCC2)noc1N. The van der Waals surface area contributed by atoms with Crippen molar-refractivity contribution in [3.05, 3.63) is 11.3 Å². The Bertz CT molecular complexity index is 349. The molecule has 0 aliphatic heterocycles. The lowest BCUT2D eigenvalue weighted by Gasteiger charge is -2.13. The molecule has 0 unspecified atom stereocenters. The number of nitrogen functional groups attached to an aromatic ring is 1. The van der Waals surface area contributed by atoms with Crippen LogP contribution < -0.4 is 5.73 Å². The highest BCUT2D eigenvalue weighted by atomic mass is 16.5. The topological polar surface area (TPSA) is 52.0 Å². The molecule has 2 N–H and O–H groups in total. The molecular weight excluding hydrogens is 212 g/mol. The Labute approximate surface area is 104 Å². The summed E-state index contributed by atoms with van der Waals surface area (Å²) in [5, 5.41) is 4.16. The Morgan fingerprint density at radius 3 is 2.47 bits per heavy atom. The molecule has 1 aliphatic rings. The van der Waals surface area contributed by atoms with Crippen LogP contribution in [0.3, 0.4) is 0 Å². The van der Waals surface area contributed by atoms with E-state index in [9.17, 15) is 0 Å². The molecule has 0 aromatic carbocycles. The van der Waals surface area contributed by atoms with Crippen LogP contribution in [-0.4, -0.2) is 5.16 Å². The fourth-order valence-electron chi connectivity index (χ4n) is 2.95. The number of anilines is 1. The zero-order valence-corrected chi connectivity index (χ0v) is 11.0. The fourth-order valence-corrected chi connectivity index (χ4v) is 2.95. The normalized spacial score (nSPS) is 18.5. The van der Waals surface area contributed by atoms with Crippen molar-refractivity contribution in [2.24, 2.45) is 5.92 Å². The Balaban J connectivity index is 2.06. The quantitative estimate of drug-likeness (QED) is 0.810. The summed E-state index contributed by atoms with van der Waals surface area (Å²) in [6.45, 7) is 4.30. The molecule has 3 heteroatoms. The molecule has 17 heavy (non-hydrogen) atoms. The maximum absolute atomic E-state index is 5.85. The van der Waals surface area contributed by atoms with Crippen LogP contribution in [-0.2, 0) is 6.42 Å². The summed E-state index contributed by atoms with van der Waals surface area (Å²) in [7, 11) is 0. The summed E-state index contributed by atoms with van der Waals surface area (Å²) in [4.78, 5) is 0. The minimum Gasteiger partial charge on any atom is -0.367 e. The Kier molecular flexibility index (Phi) is 4.08. The van der Waals surface area contributed by atoms with Gasteiger partial charge in [-0.2, -0.15) is 0 Å². The molecule has 0 amide bonds. The van der Waals surface area contributed by atoms with Gasteiger partial charge in [0.15, 0.2) is 0 Å². The van der Waals surface area contributed by atoms with E-state index in [1.165, 1.54) is 38.5 Å². The van der Waals surface area contributed by atoms with Crippen LogP contribution in [0.15, 0.2) is 4.52 Å². The highest BCUT2D eigenvalue weighted by Crippen LogP contribution is 2.31. The van der Waals surface area contributed by atoms with Crippen LogP contribution >= 0.6 is 0 Å². The number of rotatable bonds is 3. The molecule has 1 heterocycles. The monoisotopic (exact) mass is 236 g/mol. The molecule has 3 nitrogen and oxygen atoms in total. The molecule has 0 radical (unpaired) electrons. The number of hydrogen-bond acceptors (Lipinski definition) is 3. The van der Waals surface area contributed by atoms with E-state index in [1.807, 2.05) is 0 Å². The maximum Gasteiger partial charge on any atom is 0.225 e. The van der Waals surface area contributed by atoms with E-state index in [-0.39, 0.29) is 0 Å². The minimum absolute atomic E-state index is 0.405. The summed E-state index contributed by atoms with van der Waals surface area (Å²) in [6.07, 6.45) is 9.26. The summed E-state index contributed by atoms with van der Waals surface area (Å²) in [6, 6.07) is 0. The molecule has 1 fully saturated rings. The second kappa shape index (κ2) is 5.56. The van der Waals surface area contributed by atoms with Crippen LogP contribution in [0.25, 0.3) is 0 Å². The van der Waals surface area contributed by atoms with Crippen molar-refractivity contribution in [2.75, 3.05) is 5.73 Å². The average Bonchev–Trinajstić information content (AvgIpc) is 2.51. The Morgan fingerprint density at radius 2 is 1.88 bits per heavy atom. The smallest absolute Gasteiger partial charge is 0.225 e. The van der Waals surface area contributed by atoms with E-state index in [4.69, 9.17) is 10.3 Å². The average molecular weight is 236 g/mol. The van der Waals surface area contributed by atoms with E-state index in [0.717, 1.165) is 23.6 Å². The largest absolute Gasteiger partial charge is 0.367 e. The second-order valence-electron chi connectivity index (χ2n) is 5.62. The van der Waals surface area contributed by atoms with E-state index >= 15 is 0 Å². The lowest BCUT2D eigenvalue weighted by molar-refractivity contribution is 0.403. The van der Waals surface area contributed by atoms with Crippen LogP contribution in [0.4, 0.5) is 5.88 Å². The van der Waals surface area contributed by atoms with E-state index < -0.39 is 0 Å². The predicted molar refractivity (Wildman–Crippen MR) is 69.9 cm³/mol. The molecule has 96 valence electrons. The van der Waals surface area contributed by atoms with Gasteiger partial charge in [-0.1, -0.05) is 57.5 Å². The van der Waals surface area contributed by atoms with Crippen LogP contribution in [0.1, 0.15) is 69.5 Å². The first kappa shape index (κ1) is 12.5. The minimum atomic E-state index is 0.405. The Hall–Kier alpha value is -0.990. The first-order valence-corrected chi connectivity index (χ1v) is 6.92. The molecule has 1 aliphatic carbocycles. The maximum atomic E-state index is 5.85. The number of nitrogens with two attached hydrogens (primary N) is 1. The summed E-state index contributed by atoms with van der Waals surface area (Å²) >= 11 is 0. The van der Waals surface area contributed by atoms with Crippen molar-refractivity contribution in [2.45, 2.75) is 64.7 Å². The third-order valence-corrected chi connectivity index (χ3v) is 3.86. The third kappa shape index (κ3) is 3.02. The predicted octanol–water partition coefficient (Wildman–Crippen LogP) is 3.89. The van der Waals surface area contributed by atoms with Crippen molar-refractivity contribution in [3.63, 3.8) is 0 Å². The van der Waals surface area contributed by atoms with Gasteiger partial charge < -0.3 is 10.3 Å². The molecule has 0 spiro atoms. The molecule has 0 atom stereocenters. The van der Waals surface area contributed by atoms with Crippen molar-refractivity contribution in [1.29, 1.82) is 0 Å². The molecule has 0 saturated heterocycles. The van der Waals surface area contributed by atoms with Gasteiger partial charge >= 0.3 is 0 Å². The number of hydrogen-bond donors (Lipinski definition) is 1. The van der Waals surface area contributed by atoms with Gasteiger partial charge in [0, 0.05) is 5.56 Å². The van der Waals surface area contributed by atoms with Gasteiger partial charge in [0.25, 0.3) is 0 Å². The van der Waals surface area contributed by atoms with Crippen molar-refractivity contribution < 1.29 is 4.52 Å². The van der Waals surface area contributed by atoms with Crippen LogP contribution in [0.2, 0.25) is 0 Å². The van der Waals surface area contributed by atoms with E-state index in [0.29, 0.717) is 11.8 Å².